The Kier molecular flexibility index (Phi) is 8.84. The first-order valence-electron chi connectivity index (χ1n) is 13.3. The van der Waals surface area contributed by atoms with E-state index in [0.717, 1.165) is 42.8 Å². The summed E-state index contributed by atoms with van der Waals surface area (Å²) in [5.41, 5.74) is 1.56. The van der Waals surface area contributed by atoms with Gasteiger partial charge in [0.15, 0.2) is 5.82 Å². The Morgan fingerprint density at radius 2 is 1.78 bits per heavy atom. The summed E-state index contributed by atoms with van der Waals surface area (Å²) in [4.78, 5) is 31.8. The normalized spacial score (nSPS) is 15.9. The van der Waals surface area contributed by atoms with Crippen molar-refractivity contribution < 1.29 is 19.1 Å². The minimum atomic E-state index is 0.0316. The highest BCUT2D eigenvalue weighted by atomic mass is 16.5. The Morgan fingerprint density at radius 1 is 1.03 bits per heavy atom. The zero-order chi connectivity index (χ0) is 26.4. The fourth-order valence-corrected chi connectivity index (χ4v) is 4.69. The minimum Gasteiger partial charge on any atom is -0.497 e. The molecule has 37 heavy (non-hydrogen) atoms. The quantitative estimate of drug-likeness (QED) is 0.485. The maximum absolute atomic E-state index is 13.1. The fraction of sp³-hybridized carbons (Fsp3) is 0.571. The standard InChI is InChI=1S/C28H39N5O4/c1-20(2)12-13-33(28(35)21-6-5-7-21)19-27(34)32-16-14-31(15-17-32)26-11-10-24(29-30-26)23-9-8-22(36-3)18-25(23)37-4/h8-11,18,20-21H,5-7,12-17,19H2,1-4H3. The molecule has 200 valence electrons. The number of hydrogen-bond acceptors (Lipinski definition) is 7. The molecule has 1 aliphatic carbocycles. The molecule has 0 N–H and O–H groups in total. The first-order chi connectivity index (χ1) is 17.9. The SMILES string of the molecule is COc1ccc(-c2ccc(N3CCN(C(=O)CN(CCC(C)C)C(=O)C4CCC4)CC3)nn2)c(OC)c1. The average molecular weight is 510 g/mol. The molecular weight excluding hydrogens is 470 g/mol. The van der Waals surface area contributed by atoms with Gasteiger partial charge in [0.25, 0.3) is 0 Å². The van der Waals surface area contributed by atoms with Crippen molar-refractivity contribution in [2.45, 2.75) is 39.5 Å². The zero-order valence-corrected chi connectivity index (χ0v) is 22.5. The van der Waals surface area contributed by atoms with E-state index >= 15 is 0 Å². The van der Waals surface area contributed by atoms with E-state index in [1.54, 1.807) is 19.1 Å². The first kappa shape index (κ1) is 26.7. The van der Waals surface area contributed by atoms with Crippen molar-refractivity contribution in [2.24, 2.45) is 11.8 Å². The molecule has 1 aromatic heterocycles. The lowest BCUT2D eigenvalue weighted by Crippen LogP contribution is -2.53. The Morgan fingerprint density at radius 3 is 2.35 bits per heavy atom. The summed E-state index contributed by atoms with van der Waals surface area (Å²) >= 11 is 0. The molecular formula is C28H39N5O4. The summed E-state index contributed by atoms with van der Waals surface area (Å²) < 4.78 is 10.8. The van der Waals surface area contributed by atoms with E-state index in [-0.39, 0.29) is 24.3 Å². The molecule has 1 saturated carbocycles. The van der Waals surface area contributed by atoms with Gasteiger partial charge in [-0.05, 0) is 49.4 Å². The number of anilines is 1. The summed E-state index contributed by atoms with van der Waals surface area (Å²) in [6.07, 6.45) is 3.93. The van der Waals surface area contributed by atoms with E-state index in [1.807, 2.05) is 35.2 Å². The molecule has 2 aliphatic rings. The Balaban J connectivity index is 1.33. The second kappa shape index (κ2) is 12.3. The van der Waals surface area contributed by atoms with Gasteiger partial charge in [-0.3, -0.25) is 9.59 Å². The van der Waals surface area contributed by atoms with E-state index in [1.165, 1.54) is 0 Å². The van der Waals surface area contributed by atoms with Crippen LogP contribution in [0, 0.1) is 11.8 Å². The van der Waals surface area contributed by atoms with Crippen molar-refractivity contribution in [1.82, 2.24) is 20.0 Å². The molecule has 0 atom stereocenters. The van der Waals surface area contributed by atoms with Crippen LogP contribution in [0.4, 0.5) is 5.82 Å². The van der Waals surface area contributed by atoms with Gasteiger partial charge in [0.05, 0.1) is 26.5 Å². The molecule has 9 heteroatoms. The zero-order valence-electron chi connectivity index (χ0n) is 22.5. The van der Waals surface area contributed by atoms with Crippen molar-refractivity contribution >= 4 is 17.6 Å². The molecule has 0 bridgehead atoms. The molecule has 1 aromatic carbocycles. The molecule has 0 unspecified atom stereocenters. The van der Waals surface area contributed by atoms with E-state index in [2.05, 4.69) is 28.9 Å². The van der Waals surface area contributed by atoms with Crippen molar-refractivity contribution in [3.63, 3.8) is 0 Å². The number of ether oxygens (including phenoxy) is 2. The predicted octanol–water partition coefficient (Wildman–Crippen LogP) is 3.48. The Bertz CT molecular complexity index is 1060. The molecule has 0 spiro atoms. The monoisotopic (exact) mass is 509 g/mol. The van der Waals surface area contributed by atoms with Crippen LogP contribution in [0.2, 0.25) is 0 Å². The Labute approximate surface area is 219 Å². The number of methoxy groups -OCH3 is 2. The van der Waals surface area contributed by atoms with Gasteiger partial charge in [-0.15, -0.1) is 10.2 Å². The smallest absolute Gasteiger partial charge is 0.242 e. The predicted molar refractivity (Wildman–Crippen MR) is 143 cm³/mol. The maximum Gasteiger partial charge on any atom is 0.242 e. The average Bonchev–Trinajstić information content (AvgIpc) is 2.89. The molecule has 1 saturated heterocycles. The van der Waals surface area contributed by atoms with Crippen LogP contribution in [0.15, 0.2) is 30.3 Å². The highest BCUT2D eigenvalue weighted by Crippen LogP contribution is 2.32. The summed E-state index contributed by atoms with van der Waals surface area (Å²) in [6, 6.07) is 9.49. The molecule has 9 nitrogen and oxygen atoms in total. The third kappa shape index (κ3) is 6.50. The van der Waals surface area contributed by atoms with E-state index < -0.39 is 0 Å². The van der Waals surface area contributed by atoms with Crippen LogP contribution in [-0.4, -0.2) is 85.3 Å². The van der Waals surface area contributed by atoms with E-state index in [4.69, 9.17) is 9.47 Å². The van der Waals surface area contributed by atoms with Crippen LogP contribution in [0.3, 0.4) is 0 Å². The van der Waals surface area contributed by atoms with Crippen molar-refractivity contribution in [3.05, 3.63) is 30.3 Å². The number of amides is 2. The van der Waals surface area contributed by atoms with Crippen LogP contribution >= 0.6 is 0 Å². The number of hydrogen-bond donors (Lipinski definition) is 0. The summed E-state index contributed by atoms with van der Waals surface area (Å²) in [5, 5.41) is 8.88. The van der Waals surface area contributed by atoms with Gasteiger partial charge in [0.1, 0.15) is 11.5 Å². The van der Waals surface area contributed by atoms with E-state index in [0.29, 0.717) is 50.1 Å². The molecule has 4 rings (SSSR count). The number of nitrogens with zero attached hydrogens (tertiary/aromatic N) is 5. The molecule has 1 aliphatic heterocycles. The van der Waals surface area contributed by atoms with Gasteiger partial charge in [0, 0.05) is 50.3 Å². The van der Waals surface area contributed by atoms with Crippen LogP contribution in [0.5, 0.6) is 11.5 Å². The third-order valence-electron chi connectivity index (χ3n) is 7.36. The molecule has 2 aromatic rings. The highest BCUT2D eigenvalue weighted by molar-refractivity contribution is 5.86. The third-order valence-corrected chi connectivity index (χ3v) is 7.36. The van der Waals surface area contributed by atoms with Crippen molar-refractivity contribution in [3.8, 4) is 22.8 Å². The van der Waals surface area contributed by atoms with Crippen LogP contribution in [0.1, 0.15) is 39.5 Å². The largest absolute Gasteiger partial charge is 0.497 e. The van der Waals surface area contributed by atoms with Crippen LogP contribution < -0.4 is 14.4 Å². The number of aromatic nitrogens is 2. The van der Waals surface area contributed by atoms with E-state index in [9.17, 15) is 9.59 Å². The van der Waals surface area contributed by atoms with Gasteiger partial charge in [-0.25, -0.2) is 0 Å². The van der Waals surface area contributed by atoms with Crippen LogP contribution in [-0.2, 0) is 9.59 Å². The van der Waals surface area contributed by atoms with Crippen molar-refractivity contribution in [2.75, 3.05) is 58.4 Å². The number of carbonyl (C=O) groups is 2. The summed E-state index contributed by atoms with van der Waals surface area (Å²) in [6.45, 7) is 7.68. The number of benzene rings is 1. The van der Waals surface area contributed by atoms with Gasteiger partial charge in [-0.2, -0.15) is 0 Å². The molecule has 2 heterocycles. The number of piperazine rings is 1. The Hall–Kier alpha value is -3.36. The molecule has 2 amide bonds. The lowest BCUT2D eigenvalue weighted by atomic mass is 9.84. The maximum atomic E-state index is 13.1. The number of rotatable bonds is 10. The van der Waals surface area contributed by atoms with Gasteiger partial charge >= 0.3 is 0 Å². The second-order valence-corrected chi connectivity index (χ2v) is 10.3. The highest BCUT2D eigenvalue weighted by Gasteiger charge is 2.32. The first-order valence-corrected chi connectivity index (χ1v) is 13.3. The summed E-state index contributed by atoms with van der Waals surface area (Å²) in [5.74, 6) is 2.96. The second-order valence-electron chi connectivity index (χ2n) is 10.3. The van der Waals surface area contributed by atoms with Crippen LogP contribution in [0.25, 0.3) is 11.3 Å². The van der Waals surface area contributed by atoms with Crippen molar-refractivity contribution in [1.29, 1.82) is 0 Å². The summed E-state index contributed by atoms with van der Waals surface area (Å²) in [7, 11) is 3.24. The topological polar surface area (TPSA) is 88.1 Å². The molecule has 0 radical (unpaired) electrons. The molecule has 2 fully saturated rings. The lowest BCUT2D eigenvalue weighted by molar-refractivity contribution is -0.145. The van der Waals surface area contributed by atoms with Gasteiger partial charge in [-0.1, -0.05) is 20.3 Å². The number of carbonyl (C=O) groups excluding carboxylic acids is 2. The van der Waals surface area contributed by atoms with Gasteiger partial charge in [0.2, 0.25) is 11.8 Å². The minimum absolute atomic E-state index is 0.0316. The lowest BCUT2D eigenvalue weighted by Gasteiger charge is -2.37. The fourth-order valence-electron chi connectivity index (χ4n) is 4.69. The van der Waals surface area contributed by atoms with Gasteiger partial charge < -0.3 is 24.2 Å².